The van der Waals surface area contributed by atoms with Gasteiger partial charge in [-0.2, -0.15) is 13.2 Å². The van der Waals surface area contributed by atoms with Gasteiger partial charge in [-0.15, -0.1) is 11.6 Å². The van der Waals surface area contributed by atoms with Crippen molar-refractivity contribution >= 4 is 23.1 Å². The first-order chi connectivity index (χ1) is 8.51. The van der Waals surface area contributed by atoms with E-state index in [0.717, 1.165) is 0 Å². The van der Waals surface area contributed by atoms with E-state index < -0.39 is 12.7 Å². The molecular formula is C11H11ClF3N3. The van der Waals surface area contributed by atoms with Gasteiger partial charge in [0.15, 0.2) is 0 Å². The van der Waals surface area contributed by atoms with Crippen molar-refractivity contribution in [2.75, 3.05) is 23.9 Å². The smallest absolute Gasteiger partial charge is 0.347 e. The Hall–Kier alpha value is -1.43. The molecular weight excluding hydrogens is 267 g/mol. The normalized spacial score (nSPS) is 12.0. The van der Waals surface area contributed by atoms with Gasteiger partial charge in [-0.25, -0.2) is 4.98 Å². The van der Waals surface area contributed by atoms with Gasteiger partial charge in [0, 0.05) is 24.8 Å². The maximum atomic E-state index is 12.5. The Morgan fingerprint density at radius 1 is 1.33 bits per heavy atom. The fraction of sp³-hybridized carbons (Fsp3) is 0.364. The number of hydrogen-bond acceptors (Lipinski definition) is 2. The summed E-state index contributed by atoms with van der Waals surface area (Å²) in [5, 5.41) is 0. The minimum absolute atomic E-state index is 0.123. The Morgan fingerprint density at radius 3 is 2.78 bits per heavy atom. The second-order valence-electron chi connectivity index (χ2n) is 3.77. The first-order valence-corrected chi connectivity index (χ1v) is 5.84. The molecule has 18 heavy (non-hydrogen) atoms. The van der Waals surface area contributed by atoms with Gasteiger partial charge in [-0.1, -0.05) is 6.07 Å². The molecule has 0 aliphatic carbocycles. The van der Waals surface area contributed by atoms with E-state index in [-0.39, 0.29) is 12.4 Å². The van der Waals surface area contributed by atoms with E-state index in [1.165, 1.54) is 4.90 Å². The third-order valence-electron chi connectivity index (χ3n) is 2.46. The Bertz CT molecular complexity index is 523. The minimum atomic E-state index is -4.27. The molecule has 2 aromatic heterocycles. The number of alkyl halides is 4. The van der Waals surface area contributed by atoms with Crippen LogP contribution in [-0.2, 0) is 0 Å². The molecule has 0 N–H and O–H groups in total. The number of fused-ring (bicyclic) bond motifs is 1. The lowest BCUT2D eigenvalue weighted by atomic mass is 10.4. The van der Waals surface area contributed by atoms with Crippen LogP contribution in [0.3, 0.4) is 0 Å². The lowest BCUT2D eigenvalue weighted by molar-refractivity contribution is -0.119. The highest BCUT2D eigenvalue weighted by Crippen LogP contribution is 2.22. The lowest BCUT2D eigenvalue weighted by Crippen LogP contribution is -2.36. The number of hydrogen-bond donors (Lipinski definition) is 0. The summed E-state index contributed by atoms with van der Waals surface area (Å²) in [7, 11) is 0. The summed E-state index contributed by atoms with van der Waals surface area (Å²) in [6.45, 7) is -0.907. The van der Waals surface area contributed by atoms with Crippen LogP contribution in [0.25, 0.3) is 5.65 Å². The van der Waals surface area contributed by atoms with Crippen LogP contribution < -0.4 is 4.90 Å². The van der Waals surface area contributed by atoms with Crippen LogP contribution in [0.4, 0.5) is 19.0 Å². The van der Waals surface area contributed by atoms with Crippen LogP contribution >= 0.6 is 11.6 Å². The summed E-state index contributed by atoms with van der Waals surface area (Å²) in [6, 6.07) is 5.03. The van der Waals surface area contributed by atoms with Crippen LogP contribution in [0, 0.1) is 0 Å². The van der Waals surface area contributed by atoms with Crippen molar-refractivity contribution in [3.05, 3.63) is 30.6 Å². The van der Waals surface area contributed by atoms with E-state index in [9.17, 15) is 13.2 Å². The fourth-order valence-electron chi connectivity index (χ4n) is 1.78. The number of pyridine rings is 1. The van der Waals surface area contributed by atoms with E-state index in [1.807, 2.05) is 0 Å². The standard InChI is InChI=1S/C11H11ClF3N3/c12-4-6-17(8-11(13,14)15)10-3-1-2-9-16-5-7-18(9)10/h1-3,5,7H,4,6,8H2. The first-order valence-electron chi connectivity index (χ1n) is 5.31. The molecule has 0 bridgehead atoms. The predicted molar refractivity (Wildman–Crippen MR) is 64.2 cm³/mol. The molecule has 98 valence electrons. The summed E-state index contributed by atoms with van der Waals surface area (Å²) in [5.41, 5.74) is 0.606. The van der Waals surface area contributed by atoms with E-state index in [1.54, 1.807) is 35.0 Å². The highest BCUT2D eigenvalue weighted by atomic mass is 35.5. The largest absolute Gasteiger partial charge is 0.405 e. The minimum Gasteiger partial charge on any atom is -0.347 e. The second kappa shape index (κ2) is 5.06. The van der Waals surface area contributed by atoms with E-state index >= 15 is 0 Å². The molecule has 0 saturated carbocycles. The van der Waals surface area contributed by atoms with Crippen molar-refractivity contribution in [1.82, 2.24) is 9.38 Å². The average Bonchev–Trinajstić information content (AvgIpc) is 2.74. The van der Waals surface area contributed by atoms with Crippen molar-refractivity contribution in [1.29, 1.82) is 0 Å². The Labute approximate surface area is 107 Å². The molecule has 0 amide bonds. The molecule has 0 saturated heterocycles. The van der Waals surface area contributed by atoms with Gasteiger partial charge in [0.2, 0.25) is 0 Å². The third-order valence-corrected chi connectivity index (χ3v) is 2.62. The monoisotopic (exact) mass is 277 g/mol. The summed E-state index contributed by atoms with van der Waals surface area (Å²) >= 11 is 5.57. The zero-order valence-corrected chi connectivity index (χ0v) is 10.1. The Morgan fingerprint density at radius 2 is 2.11 bits per heavy atom. The first kappa shape index (κ1) is 13.0. The molecule has 0 fully saturated rings. The maximum absolute atomic E-state index is 12.5. The van der Waals surface area contributed by atoms with Crippen LogP contribution in [-0.4, -0.2) is 34.5 Å². The predicted octanol–water partition coefficient (Wildman–Crippen LogP) is 2.94. The number of nitrogens with zero attached hydrogens (tertiary/aromatic N) is 3. The van der Waals surface area contributed by atoms with Crippen LogP contribution in [0.2, 0.25) is 0 Å². The molecule has 3 nitrogen and oxygen atoms in total. The van der Waals surface area contributed by atoms with Gasteiger partial charge >= 0.3 is 6.18 Å². The van der Waals surface area contributed by atoms with Crippen molar-refractivity contribution in [3.63, 3.8) is 0 Å². The van der Waals surface area contributed by atoms with Gasteiger partial charge in [0.1, 0.15) is 18.0 Å². The molecule has 2 rings (SSSR count). The quantitative estimate of drug-likeness (QED) is 0.801. The molecule has 0 aliphatic heterocycles. The summed E-state index contributed by atoms with van der Waals surface area (Å²) < 4.78 is 39.2. The van der Waals surface area contributed by atoms with Gasteiger partial charge in [0.05, 0.1) is 0 Å². The van der Waals surface area contributed by atoms with E-state index in [0.29, 0.717) is 11.5 Å². The van der Waals surface area contributed by atoms with Gasteiger partial charge in [-0.05, 0) is 12.1 Å². The average molecular weight is 278 g/mol. The summed E-state index contributed by atoms with van der Waals surface area (Å²) in [5.74, 6) is 0.559. The molecule has 0 aliphatic rings. The fourth-order valence-corrected chi connectivity index (χ4v) is 1.99. The molecule has 2 aromatic rings. The summed E-state index contributed by atoms with van der Waals surface area (Å²) in [4.78, 5) is 5.24. The molecule has 7 heteroatoms. The Balaban J connectivity index is 2.38. The third kappa shape index (κ3) is 2.87. The molecule has 0 radical (unpaired) electrons. The highest BCUT2D eigenvalue weighted by molar-refractivity contribution is 6.18. The zero-order valence-electron chi connectivity index (χ0n) is 9.36. The van der Waals surface area contributed by atoms with Gasteiger partial charge in [0.25, 0.3) is 0 Å². The van der Waals surface area contributed by atoms with E-state index in [2.05, 4.69) is 4.98 Å². The maximum Gasteiger partial charge on any atom is 0.405 e. The van der Waals surface area contributed by atoms with Gasteiger partial charge in [-0.3, -0.25) is 4.40 Å². The zero-order chi connectivity index (χ0) is 13.2. The van der Waals surface area contributed by atoms with Crippen LogP contribution in [0.1, 0.15) is 0 Å². The SMILES string of the molecule is FC(F)(F)CN(CCCl)c1cccc2nccn12. The molecule has 0 spiro atoms. The van der Waals surface area contributed by atoms with Crippen molar-refractivity contribution < 1.29 is 13.2 Å². The topological polar surface area (TPSA) is 20.5 Å². The number of rotatable bonds is 4. The molecule has 0 atom stereocenters. The number of aromatic nitrogens is 2. The highest BCUT2D eigenvalue weighted by Gasteiger charge is 2.31. The number of halogens is 4. The molecule has 0 unspecified atom stereocenters. The van der Waals surface area contributed by atoms with Crippen molar-refractivity contribution in [2.24, 2.45) is 0 Å². The lowest BCUT2D eigenvalue weighted by Gasteiger charge is -2.25. The summed E-state index contributed by atoms with van der Waals surface area (Å²) in [6.07, 6.45) is -1.09. The van der Waals surface area contributed by atoms with Crippen molar-refractivity contribution in [2.45, 2.75) is 6.18 Å². The second-order valence-corrected chi connectivity index (χ2v) is 4.14. The number of anilines is 1. The molecule has 0 aromatic carbocycles. The van der Waals surface area contributed by atoms with Crippen molar-refractivity contribution in [3.8, 4) is 0 Å². The molecule has 2 heterocycles. The number of imidazole rings is 1. The van der Waals surface area contributed by atoms with E-state index in [4.69, 9.17) is 11.6 Å². The Kier molecular flexibility index (Phi) is 3.65. The van der Waals surface area contributed by atoms with Crippen LogP contribution in [0.15, 0.2) is 30.6 Å². The van der Waals surface area contributed by atoms with Gasteiger partial charge < -0.3 is 4.90 Å². The van der Waals surface area contributed by atoms with Crippen LogP contribution in [0.5, 0.6) is 0 Å².